The highest BCUT2D eigenvalue weighted by Crippen LogP contribution is 2.38. The molecule has 0 radical (unpaired) electrons. The molecule has 0 saturated heterocycles. The summed E-state index contributed by atoms with van der Waals surface area (Å²) >= 11 is 0. The van der Waals surface area contributed by atoms with Crippen molar-refractivity contribution in [2.24, 2.45) is 0 Å². The van der Waals surface area contributed by atoms with E-state index < -0.39 is 5.91 Å². The Kier molecular flexibility index (Phi) is 5.01. The van der Waals surface area contributed by atoms with Crippen molar-refractivity contribution in [3.8, 4) is 17.2 Å². The van der Waals surface area contributed by atoms with Gasteiger partial charge in [0.15, 0.2) is 11.5 Å². The number of nitrogens with zero attached hydrogens (tertiary/aromatic N) is 1. The van der Waals surface area contributed by atoms with E-state index in [9.17, 15) is 9.59 Å². The third kappa shape index (κ3) is 3.57. The Hall–Kier alpha value is -4.26. The minimum atomic E-state index is -0.433. The maximum atomic E-state index is 13.6. The van der Waals surface area contributed by atoms with E-state index in [2.05, 4.69) is 5.32 Å². The molecule has 0 aliphatic carbocycles. The number of methoxy groups -OCH3 is 1. The van der Waals surface area contributed by atoms with Crippen molar-refractivity contribution in [2.45, 2.75) is 13.8 Å². The van der Waals surface area contributed by atoms with Crippen molar-refractivity contribution < 1.29 is 23.8 Å². The van der Waals surface area contributed by atoms with Crippen LogP contribution in [0.2, 0.25) is 0 Å². The Labute approximate surface area is 191 Å². The first-order valence-electron chi connectivity index (χ1n) is 10.5. The van der Waals surface area contributed by atoms with Gasteiger partial charge in [-0.15, -0.1) is 0 Å². The lowest BCUT2D eigenvalue weighted by Gasteiger charge is -2.16. The lowest BCUT2D eigenvalue weighted by atomic mass is 9.97. The number of hydrogen-bond acceptors (Lipinski definition) is 6. The molecule has 0 unspecified atom stereocenters. The van der Waals surface area contributed by atoms with E-state index in [0.29, 0.717) is 39.8 Å². The van der Waals surface area contributed by atoms with E-state index in [1.165, 1.54) is 4.90 Å². The summed E-state index contributed by atoms with van der Waals surface area (Å²) in [5.74, 6) is 1.03. The molecule has 7 nitrogen and oxygen atoms in total. The maximum absolute atomic E-state index is 13.6. The van der Waals surface area contributed by atoms with Crippen LogP contribution < -0.4 is 24.4 Å². The quantitative estimate of drug-likeness (QED) is 0.589. The molecule has 2 amide bonds. The Morgan fingerprint density at radius 2 is 1.64 bits per heavy atom. The summed E-state index contributed by atoms with van der Waals surface area (Å²) in [6.07, 6.45) is 0. The van der Waals surface area contributed by atoms with Crippen molar-refractivity contribution in [3.05, 3.63) is 83.1 Å². The van der Waals surface area contributed by atoms with E-state index in [1.807, 2.05) is 32.0 Å². The standard InChI is InChI=1S/C26H22N2O5/c1-15-4-10-20(16(2)12-15)23-24(27-17-5-11-21-22(13-17)33-14-32-21)26(30)28(25(23)29)18-6-8-19(31-3)9-7-18/h4-13,27H,14H2,1-3H3. The number of aryl methyl sites for hydroxylation is 2. The molecule has 7 heteroatoms. The number of rotatable bonds is 5. The second-order valence-corrected chi connectivity index (χ2v) is 7.91. The summed E-state index contributed by atoms with van der Waals surface area (Å²) in [5, 5.41) is 3.17. The largest absolute Gasteiger partial charge is 0.497 e. The van der Waals surface area contributed by atoms with Crippen LogP contribution >= 0.6 is 0 Å². The van der Waals surface area contributed by atoms with Gasteiger partial charge >= 0.3 is 0 Å². The third-order valence-electron chi connectivity index (χ3n) is 5.71. The van der Waals surface area contributed by atoms with Crippen molar-refractivity contribution in [3.63, 3.8) is 0 Å². The second kappa shape index (κ2) is 8.02. The third-order valence-corrected chi connectivity index (χ3v) is 5.71. The number of ether oxygens (including phenoxy) is 3. The zero-order valence-electron chi connectivity index (χ0n) is 18.5. The summed E-state index contributed by atoms with van der Waals surface area (Å²) in [6, 6.07) is 17.9. The Bertz CT molecular complexity index is 1310. The highest BCUT2D eigenvalue weighted by molar-refractivity contribution is 6.46. The van der Waals surface area contributed by atoms with Crippen LogP contribution in [0.15, 0.2) is 66.4 Å². The fourth-order valence-corrected chi connectivity index (χ4v) is 4.07. The summed E-state index contributed by atoms with van der Waals surface area (Å²) in [4.78, 5) is 28.4. The van der Waals surface area contributed by atoms with Crippen molar-refractivity contribution in [1.29, 1.82) is 0 Å². The number of carbonyl (C=O) groups is 2. The zero-order chi connectivity index (χ0) is 23.1. The maximum Gasteiger partial charge on any atom is 0.282 e. The monoisotopic (exact) mass is 442 g/mol. The summed E-state index contributed by atoms with van der Waals surface area (Å²) in [7, 11) is 1.56. The summed E-state index contributed by atoms with van der Waals surface area (Å²) in [6.45, 7) is 4.07. The van der Waals surface area contributed by atoms with Crippen LogP contribution in [0.25, 0.3) is 5.57 Å². The van der Waals surface area contributed by atoms with Crippen LogP contribution in [0.5, 0.6) is 17.2 Å². The lowest BCUT2D eigenvalue weighted by Crippen LogP contribution is -2.32. The van der Waals surface area contributed by atoms with E-state index in [0.717, 1.165) is 11.1 Å². The molecular formula is C26H22N2O5. The normalized spacial score (nSPS) is 14.8. The van der Waals surface area contributed by atoms with Gasteiger partial charge in [-0.2, -0.15) is 0 Å². The summed E-state index contributed by atoms with van der Waals surface area (Å²) < 4.78 is 16.0. The zero-order valence-corrected chi connectivity index (χ0v) is 18.5. The first-order valence-corrected chi connectivity index (χ1v) is 10.5. The smallest absolute Gasteiger partial charge is 0.282 e. The second-order valence-electron chi connectivity index (χ2n) is 7.91. The Morgan fingerprint density at radius 1 is 0.879 bits per heavy atom. The van der Waals surface area contributed by atoms with Crippen LogP contribution in [0.3, 0.4) is 0 Å². The first-order chi connectivity index (χ1) is 16.0. The molecular weight excluding hydrogens is 420 g/mol. The number of hydrogen-bond donors (Lipinski definition) is 1. The predicted octanol–water partition coefficient (Wildman–Crippen LogP) is 4.44. The summed E-state index contributed by atoms with van der Waals surface area (Å²) in [5.41, 5.74) is 4.31. The Morgan fingerprint density at radius 3 is 2.36 bits per heavy atom. The first kappa shape index (κ1) is 20.6. The van der Waals surface area contributed by atoms with Gasteiger partial charge in [-0.25, -0.2) is 4.90 Å². The molecule has 2 aliphatic heterocycles. The molecule has 0 atom stereocenters. The molecule has 0 spiro atoms. The number of anilines is 2. The molecule has 166 valence electrons. The molecule has 0 saturated carbocycles. The molecule has 33 heavy (non-hydrogen) atoms. The highest BCUT2D eigenvalue weighted by Gasteiger charge is 2.40. The number of fused-ring (bicyclic) bond motifs is 1. The van der Waals surface area contributed by atoms with Gasteiger partial charge in [-0.1, -0.05) is 23.8 Å². The van der Waals surface area contributed by atoms with E-state index in [1.54, 1.807) is 49.6 Å². The fraction of sp³-hybridized carbons (Fsp3) is 0.154. The number of benzene rings is 3. The van der Waals surface area contributed by atoms with E-state index in [-0.39, 0.29) is 18.4 Å². The molecule has 0 aromatic heterocycles. The van der Waals surface area contributed by atoms with Crippen LogP contribution in [0, 0.1) is 13.8 Å². The minimum Gasteiger partial charge on any atom is -0.497 e. The fourth-order valence-electron chi connectivity index (χ4n) is 4.07. The Balaban J connectivity index is 1.60. The number of amides is 2. The molecule has 5 rings (SSSR count). The molecule has 2 heterocycles. The number of carbonyl (C=O) groups excluding carboxylic acids is 2. The molecule has 0 fully saturated rings. The van der Waals surface area contributed by atoms with Crippen LogP contribution in [0.1, 0.15) is 16.7 Å². The number of imide groups is 1. The number of nitrogens with one attached hydrogen (secondary N) is 1. The van der Waals surface area contributed by atoms with Crippen LogP contribution in [-0.2, 0) is 9.59 Å². The van der Waals surface area contributed by atoms with Gasteiger partial charge < -0.3 is 19.5 Å². The van der Waals surface area contributed by atoms with E-state index >= 15 is 0 Å². The predicted molar refractivity (Wildman–Crippen MR) is 125 cm³/mol. The molecule has 3 aromatic rings. The van der Waals surface area contributed by atoms with Gasteiger partial charge in [0.1, 0.15) is 11.4 Å². The lowest BCUT2D eigenvalue weighted by molar-refractivity contribution is -0.120. The van der Waals surface area contributed by atoms with Crippen LogP contribution in [-0.4, -0.2) is 25.7 Å². The van der Waals surface area contributed by atoms with Crippen LogP contribution in [0.4, 0.5) is 11.4 Å². The molecule has 3 aromatic carbocycles. The topological polar surface area (TPSA) is 77.1 Å². The van der Waals surface area contributed by atoms with Gasteiger partial charge in [0.05, 0.1) is 18.4 Å². The van der Waals surface area contributed by atoms with Gasteiger partial charge in [-0.05, 0) is 61.4 Å². The van der Waals surface area contributed by atoms with Crippen molar-refractivity contribution in [2.75, 3.05) is 24.1 Å². The van der Waals surface area contributed by atoms with Gasteiger partial charge in [0.25, 0.3) is 11.8 Å². The van der Waals surface area contributed by atoms with Gasteiger partial charge in [0, 0.05) is 11.8 Å². The molecule has 1 N–H and O–H groups in total. The minimum absolute atomic E-state index is 0.151. The van der Waals surface area contributed by atoms with E-state index in [4.69, 9.17) is 14.2 Å². The average Bonchev–Trinajstić information content (AvgIpc) is 3.36. The van der Waals surface area contributed by atoms with Gasteiger partial charge in [0.2, 0.25) is 6.79 Å². The average molecular weight is 442 g/mol. The molecule has 0 bridgehead atoms. The SMILES string of the molecule is COc1ccc(N2C(=O)C(Nc3ccc4c(c3)OCO4)=C(c3ccc(C)cc3C)C2=O)cc1. The van der Waals surface area contributed by atoms with Gasteiger partial charge in [-0.3, -0.25) is 9.59 Å². The molecule has 2 aliphatic rings. The van der Waals surface area contributed by atoms with Crippen molar-refractivity contribution in [1.82, 2.24) is 0 Å². The van der Waals surface area contributed by atoms with Crippen molar-refractivity contribution >= 4 is 28.8 Å². The highest BCUT2D eigenvalue weighted by atomic mass is 16.7.